The summed E-state index contributed by atoms with van der Waals surface area (Å²) in [5.74, 6) is 0. The molecule has 66 valence electrons. The monoisotopic (exact) mass is 165 g/mol. The number of hydrogen-bond donors (Lipinski definition) is 2. The van der Waals surface area contributed by atoms with Crippen LogP contribution in [-0.4, -0.2) is 23.8 Å². The fourth-order valence-corrected chi connectivity index (χ4v) is 1.50. The van der Waals surface area contributed by atoms with Crippen LogP contribution in [0, 0.1) is 0 Å². The molecule has 0 spiro atoms. The Morgan fingerprint density at radius 3 is 2.42 bits per heavy atom. The van der Waals surface area contributed by atoms with E-state index in [9.17, 15) is 5.11 Å². The molecule has 0 radical (unpaired) electrons. The Bertz CT molecular complexity index is 206. The Kier molecular flexibility index (Phi) is 2.84. The maximum Gasteiger partial charge on any atom is 0.0917 e. The second kappa shape index (κ2) is 3.70. The molecule has 0 aromatic heterocycles. The number of hydrogen-bond acceptors (Lipinski definition) is 2. The van der Waals surface area contributed by atoms with E-state index in [1.807, 2.05) is 6.92 Å². The van der Waals surface area contributed by atoms with E-state index in [0.29, 0.717) is 6.54 Å². The summed E-state index contributed by atoms with van der Waals surface area (Å²) in [5.41, 5.74) is 1.94. The van der Waals surface area contributed by atoms with Crippen molar-refractivity contribution in [3.05, 3.63) is 36.5 Å². The molecule has 12 heavy (non-hydrogen) atoms. The van der Waals surface area contributed by atoms with Crippen LogP contribution in [0.2, 0.25) is 0 Å². The van der Waals surface area contributed by atoms with Gasteiger partial charge in [-0.15, -0.1) is 0 Å². The molecule has 2 unspecified atom stereocenters. The van der Waals surface area contributed by atoms with Crippen molar-refractivity contribution < 1.29 is 5.11 Å². The summed E-state index contributed by atoms with van der Waals surface area (Å²) in [6, 6.07) is 0.263. The number of aliphatic hydroxyl groups excluding tert-OH is 1. The van der Waals surface area contributed by atoms with E-state index in [2.05, 4.69) is 18.5 Å². The molecule has 0 bridgehead atoms. The smallest absolute Gasteiger partial charge is 0.0917 e. The van der Waals surface area contributed by atoms with E-state index in [-0.39, 0.29) is 6.04 Å². The van der Waals surface area contributed by atoms with Gasteiger partial charge in [0.25, 0.3) is 0 Å². The Morgan fingerprint density at radius 2 is 2.00 bits per heavy atom. The second-order valence-corrected chi connectivity index (χ2v) is 2.96. The van der Waals surface area contributed by atoms with Crippen LogP contribution in [0.4, 0.5) is 0 Å². The molecule has 2 nitrogen and oxygen atoms in total. The molecule has 2 N–H and O–H groups in total. The minimum Gasteiger partial charge on any atom is -0.387 e. The van der Waals surface area contributed by atoms with Crippen LogP contribution < -0.4 is 5.32 Å². The van der Waals surface area contributed by atoms with Gasteiger partial charge in [0.2, 0.25) is 0 Å². The lowest BCUT2D eigenvalue weighted by Gasteiger charge is -2.27. The summed E-state index contributed by atoms with van der Waals surface area (Å²) in [7, 11) is 0. The van der Waals surface area contributed by atoms with E-state index in [1.54, 1.807) is 12.2 Å². The van der Waals surface area contributed by atoms with E-state index in [1.165, 1.54) is 0 Å². The third kappa shape index (κ3) is 1.49. The predicted molar refractivity (Wildman–Crippen MR) is 50.9 cm³/mol. The minimum atomic E-state index is -0.438. The van der Waals surface area contributed by atoms with E-state index >= 15 is 0 Å². The van der Waals surface area contributed by atoms with Crippen LogP contribution in [0.15, 0.2) is 36.5 Å². The fourth-order valence-electron chi connectivity index (χ4n) is 1.50. The van der Waals surface area contributed by atoms with E-state index < -0.39 is 6.10 Å². The van der Waals surface area contributed by atoms with Crippen molar-refractivity contribution in [2.75, 3.05) is 6.54 Å². The van der Waals surface area contributed by atoms with Crippen LogP contribution in [0.3, 0.4) is 0 Å². The molecule has 0 fully saturated rings. The van der Waals surface area contributed by atoms with Gasteiger partial charge in [-0.1, -0.05) is 25.3 Å². The molecule has 2 atom stereocenters. The summed E-state index contributed by atoms with van der Waals surface area (Å²) in [6.45, 7) is 10.0. The van der Waals surface area contributed by atoms with Crippen molar-refractivity contribution >= 4 is 0 Å². The van der Waals surface area contributed by atoms with Gasteiger partial charge in [0.05, 0.1) is 6.10 Å². The Hall–Kier alpha value is -0.860. The highest BCUT2D eigenvalue weighted by Crippen LogP contribution is 2.19. The summed E-state index contributed by atoms with van der Waals surface area (Å²) in [6.07, 6.45) is 3.04. The number of rotatable bonds is 2. The van der Waals surface area contributed by atoms with Gasteiger partial charge in [0.15, 0.2) is 0 Å². The van der Waals surface area contributed by atoms with Crippen LogP contribution >= 0.6 is 0 Å². The highest BCUT2D eigenvalue weighted by molar-refractivity contribution is 5.39. The van der Waals surface area contributed by atoms with Crippen molar-refractivity contribution in [3.63, 3.8) is 0 Å². The van der Waals surface area contributed by atoms with E-state index in [0.717, 1.165) is 11.1 Å². The summed E-state index contributed by atoms with van der Waals surface area (Å²) < 4.78 is 0. The lowest BCUT2D eigenvalue weighted by atomic mass is 9.93. The molecule has 1 heterocycles. The SMILES string of the molecule is C=CC1=C(C=C)C(C)NCC1O. The van der Waals surface area contributed by atoms with Gasteiger partial charge in [-0.25, -0.2) is 0 Å². The van der Waals surface area contributed by atoms with Gasteiger partial charge in [0.1, 0.15) is 0 Å². The highest BCUT2D eigenvalue weighted by atomic mass is 16.3. The van der Waals surface area contributed by atoms with Gasteiger partial charge < -0.3 is 10.4 Å². The Balaban J connectivity index is 3.05. The molecule has 1 rings (SSSR count). The third-order valence-corrected chi connectivity index (χ3v) is 2.22. The molecule has 0 amide bonds. The number of aliphatic hydroxyl groups is 1. The van der Waals surface area contributed by atoms with Crippen LogP contribution in [-0.2, 0) is 0 Å². The Labute approximate surface area is 73.3 Å². The van der Waals surface area contributed by atoms with Gasteiger partial charge >= 0.3 is 0 Å². The van der Waals surface area contributed by atoms with Crippen molar-refractivity contribution in [2.24, 2.45) is 0 Å². The van der Waals surface area contributed by atoms with E-state index in [4.69, 9.17) is 0 Å². The molecule has 0 aromatic rings. The quantitative estimate of drug-likeness (QED) is 0.640. The average molecular weight is 165 g/mol. The largest absolute Gasteiger partial charge is 0.387 e. The molecule has 1 aliphatic heterocycles. The minimum absolute atomic E-state index is 0.263. The summed E-state index contributed by atoms with van der Waals surface area (Å²) >= 11 is 0. The van der Waals surface area contributed by atoms with Gasteiger partial charge in [-0.3, -0.25) is 0 Å². The van der Waals surface area contributed by atoms with Crippen LogP contribution in [0.5, 0.6) is 0 Å². The maximum atomic E-state index is 9.55. The normalized spacial score (nSPS) is 30.2. The molecule has 0 saturated heterocycles. The van der Waals surface area contributed by atoms with Crippen molar-refractivity contribution in [1.29, 1.82) is 0 Å². The first-order valence-electron chi connectivity index (χ1n) is 4.11. The first-order valence-corrected chi connectivity index (χ1v) is 4.11. The van der Waals surface area contributed by atoms with Crippen LogP contribution in [0.25, 0.3) is 0 Å². The average Bonchev–Trinajstić information content (AvgIpc) is 2.08. The van der Waals surface area contributed by atoms with Gasteiger partial charge in [-0.2, -0.15) is 0 Å². The molecular formula is C10H15NO. The highest BCUT2D eigenvalue weighted by Gasteiger charge is 2.21. The zero-order chi connectivity index (χ0) is 9.14. The van der Waals surface area contributed by atoms with Crippen molar-refractivity contribution in [3.8, 4) is 0 Å². The predicted octanol–water partition coefficient (Wildman–Crippen LogP) is 1.01. The second-order valence-electron chi connectivity index (χ2n) is 2.96. The van der Waals surface area contributed by atoms with Gasteiger partial charge in [-0.05, 0) is 18.1 Å². The number of β-amino-alcohol motifs (C(OH)–C–C–N with tert-alkyl or cyclic N) is 1. The lowest BCUT2D eigenvalue weighted by molar-refractivity contribution is 0.198. The van der Waals surface area contributed by atoms with Crippen LogP contribution in [0.1, 0.15) is 6.92 Å². The van der Waals surface area contributed by atoms with Crippen molar-refractivity contribution in [1.82, 2.24) is 5.32 Å². The first-order chi connectivity index (χ1) is 5.70. The molecular weight excluding hydrogens is 150 g/mol. The number of nitrogens with one attached hydrogen (secondary N) is 1. The Morgan fingerprint density at radius 1 is 1.42 bits per heavy atom. The molecule has 0 saturated carbocycles. The lowest BCUT2D eigenvalue weighted by Crippen LogP contribution is -2.41. The topological polar surface area (TPSA) is 32.3 Å². The standard InChI is InChI=1S/C10H15NO/c1-4-8-7(3)11-6-10(12)9(8)5-2/h4-5,7,10-12H,1-2,6H2,3H3. The van der Waals surface area contributed by atoms with Crippen molar-refractivity contribution in [2.45, 2.75) is 19.1 Å². The molecule has 0 aromatic carbocycles. The summed E-state index contributed by atoms with van der Waals surface area (Å²) in [4.78, 5) is 0. The zero-order valence-corrected chi connectivity index (χ0v) is 7.38. The fraction of sp³-hybridized carbons (Fsp3) is 0.400. The maximum absolute atomic E-state index is 9.55. The molecule has 1 aliphatic rings. The first kappa shape index (κ1) is 9.23. The molecule has 2 heteroatoms. The third-order valence-electron chi connectivity index (χ3n) is 2.22. The summed E-state index contributed by atoms with van der Waals surface area (Å²) in [5, 5.41) is 12.7. The zero-order valence-electron chi connectivity index (χ0n) is 7.38. The molecule has 0 aliphatic carbocycles. The van der Waals surface area contributed by atoms with Gasteiger partial charge in [0, 0.05) is 12.6 Å².